The molecule has 0 saturated heterocycles. The highest BCUT2D eigenvalue weighted by atomic mass is 32.2. The minimum absolute atomic E-state index is 0.464. The van der Waals surface area contributed by atoms with Crippen molar-refractivity contribution < 1.29 is 4.74 Å². The lowest BCUT2D eigenvalue weighted by molar-refractivity contribution is 0.414. The summed E-state index contributed by atoms with van der Waals surface area (Å²) in [7, 11) is 1.63. The molecule has 1 aromatic heterocycles. The minimum Gasteiger partial charge on any atom is -0.497 e. The summed E-state index contributed by atoms with van der Waals surface area (Å²) >= 11 is 1.45. The van der Waals surface area contributed by atoms with E-state index in [1.807, 2.05) is 30.3 Å². The topological polar surface area (TPSA) is 71.9 Å². The van der Waals surface area contributed by atoms with Crippen molar-refractivity contribution in [3.05, 3.63) is 42.1 Å². The minimum atomic E-state index is 0.464. The highest BCUT2D eigenvalue weighted by molar-refractivity contribution is 7.99. The predicted octanol–water partition coefficient (Wildman–Crippen LogP) is 2.70. The van der Waals surface area contributed by atoms with Gasteiger partial charge < -0.3 is 10.5 Å². The number of nitrogen functional groups attached to an aromatic ring is 1. The van der Waals surface area contributed by atoms with E-state index in [-0.39, 0.29) is 0 Å². The molecule has 18 heavy (non-hydrogen) atoms. The number of ether oxygens (including phenoxy) is 1. The Morgan fingerprint density at radius 2 is 2.06 bits per heavy atom. The van der Waals surface area contributed by atoms with Crippen LogP contribution in [0.4, 0.5) is 5.69 Å². The fourth-order valence-electron chi connectivity index (χ4n) is 1.37. The van der Waals surface area contributed by atoms with Crippen LogP contribution in [0.1, 0.15) is 5.56 Å². The third-order valence-corrected chi connectivity index (χ3v) is 3.32. The van der Waals surface area contributed by atoms with E-state index in [9.17, 15) is 0 Å². The van der Waals surface area contributed by atoms with Gasteiger partial charge in [0.15, 0.2) is 0 Å². The number of rotatable bonds is 3. The Kier molecular flexibility index (Phi) is 3.70. The third-order valence-electron chi connectivity index (χ3n) is 2.28. The first-order valence-corrected chi connectivity index (χ1v) is 6.02. The van der Waals surface area contributed by atoms with E-state index in [4.69, 9.17) is 15.7 Å². The molecule has 0 aliphatic carbocycles. The van der Waals surface area contributed by atoms with Gasteiger partial charge in [-0.05, 0) is 30.3 Å². The average molecular weight is 257 g/mol. The lowest BCUT2D eigenvalue weighted by Crippen LogP contribution is -1.93. The molecule has 0 saturated carbocycles. The fraction of sp³-hybridized carbons (Fsp3) is 0.0769. The quantitative estimate of drug-likeness (QED) is 0.915. The number of nitrogens with two attached hydrogens (primary N) is 1. The first kappa shape index (κ1) is 12.3. The standard InChI is InChI=1S/C13H11N3OS/c1-17-10-2-4-11(5-3-10)18-13-12(15)6-9(7-14)8-16-13/h2-6,8H,15H2,1H3. The Morgan fingerprint density at radius 1 is 1.33 bits per heavy atom. The summed E-state index contributed by atoms with van der Waals surface area (Å²) in [6.07, 6.45) is 1.52. The van der Waals surface area contributed by atoms with Crippen LogP contribution in [0.3, 0.4) is 0 Å². The van der Waals surface area contributed by atoms with Gasteiger partial charge in [0, 0.05) is 11.1 Å². The zero-order valence-electron chi connectivity index (χ0n) is 9.75. The molecule has 2 N–H and O–H groups in total. The smallest absolute Gasteiger partial charge is 0.124 e. The molecule has 1 aromatic carbocycles. The summed E-state index contributed by atoms with van der Waals surface area (Å²) in [6, 6.07) is 11.3. The van der Waals surface area contributed by atoms with Crippen molar-refractivity contribution in [2.75, 3.05) is 12.8 Å². The second kappa shape index (κ2) is 5.43. The van der Waals surface area contributed by atoms with E-state index in [1.54, 1.807) is 13.2 Å². The Bertz CT molecular complexity index is 590. The number of aromatic nitrogens is 1. The van der Waals surface area contributed by atoms with Crippen LogP contribution in [-0.4, -0.2) is 12.1 Å². The number of anilines is 1. The molecule has 90 valence electrons. The molecular weight excluding hydrogens is 246 g/mol. The molecule has 0 unspecified atom stereocenters. The van der Waals surface area contributed by atoms with Crippen LogP contribution in [0.15, 0.2) is 46.5 Å². The number of methoxy groups -OCH3 is 1. The van der Waals surface area contributed by atoms with Gasteiger partial charge in [-0.2, -0.15) is 5.26 Å². The Morgan fingerprint density at radius 3 is 2.61 bits per heavy atom. The van der Waals surface area contributed by atoms with Gasteiger partial charge in [0.25, 0.3) is 0 Å². The van der Waals surface area contributed by atoms with Crippen molar-refractivity contribution in [2.45, 2.75) is 9.92 Å². The van der Waals surface area contributed by atoms with Crippen molar-refractivity contribution in [3.8, 4) is 11.8 Å². The van der Waals surface area contributed by atoms with Crippen molar-refractivity contribution >= 4 is 17.4 Å². The average Bonchev–Trinajstić information content (AvgIpc) is 2.42. The zero-order chi connectivity index (χ0) is 13.0. The second-order valence-corrected chi connectivity index (χ2v) is 4.57. The van der Waals surface area contributed by atoms with Crippen LogP contribution in [0.2, 0.25) is 0 Å². The summed E-state index contributed by atoms with van der Waals surface area (Å²) < 4.78 is 5.09. The fourth-order valence-corrected chi connectivity index (χ4v) is 2.15. The van der Waals surface area contributed by atoms with E-state index in [1.165, 1.54) is 18.0 Å². The van der Waals surface area contributed by atoms with E-state index in [2.05, 4.69) is 4.98 Å². The zero-order valence-corrected chi connectivity index (χ0v) is 10.6. The van der Waals surface area contributed by atoms with Crippen LogP contribution in [0, 0.1) is 11.3 Å². The molecule has 0 spiro atoms. The number of benzene rings is 1. The lowest BCUT2D eigenvalue weighted by Gasteiger charge is -2.05. The molecule has 0 fully saturated rings. The van der Waals surface area contributed by atoms with Gasteiger partial charge in [-0.15, -0.1) is 0 Å². The molecule has 0 radical (unpaired) electrons. The molecular formula is C13H11N3OS. The van der Waals surface area contributed by atoms with Crippen LogP contribution in [0.25, 0.3) is 0 Å². The summed E-state index contributed by atoms with van der Waals surface area (Å²) in [6.45, 7) is 0. The van der Waals surface area contributed by atoms with E-state index < -0.39 is 0 Å². The van der Waals surface area contributed by atoms with E-state index in [0.717, 1.165) is 10.6 Å². The van der Waals surface area contributed by atoms with Gasteiger partial charge in [-0.25, -0.2) is 4.98 Å². The number of nitrogens with zero attached hydrogens (tertiary/aromatic N) is 2. The maximum absolute atomic E-state index is 8.73. The SMILES string of the molecule is COc1ccc(Sc2ncc(C#N)cc2N)cc1. The van der Waals surface area contributed by atoms with Crippen molar-refractivity contribution in [2.24, 2.45) is 0 Å². The second-order valence-electron chi connectivity index (χ2n) is 3.51. The largest absolute Gasteiger partial charge is 0.497 e. The maximum Gasteiger partial charge on any atom is 0.124 e. The van der Waals surface area contributed by atoms with Gasteiger partial charge in [0.1, 0.15) is 16.8 Å². The highest BCUT2D eigenvalue weighted by Crippen LogP contribution is 2.31. The van der Waals surface area contributed by atoms with Gasteiger partial charge in [-0.1, -0.05) is 11.8 Å². The molecule has 1 heterocycles. The Hall–Kier alpha value is -2.19. The monoisotopic (exact) mass is 257 g/mol. The molecule has 2 aromatic rings. The Labute approximate surface area is 109 Å². The van der Waals surface area contributed by atoms with E-state index >= 15 is 0 Å². The first-order chi connectivity index (χ1) is 8.72. The molecule has 0 bridgehead atoms. The molecule has 4 nitrogen and oxygen atoms in total. The highest BCUT2D eigenvalue weighted by Gasteiger charge is 2.05. The molecule has 2 rings (SSSR count). The summed E-state index contributed by atoms with van der Waals surface area (Å²) in [5, 5.41) is 9.43. The van der Waals surface area contributed by atoms with Crippen LogP contribution in [-0.2, 0) is 0 Å². The van der Waals surface area contributed by atoms with Crippen LogP contribution >= 0.6 is 11.8 Å². The van der Waals surface area contributed by atoms with Gasteiger partial charge in [-0.3, -0.25) is 0 Å². The number of nitriles is 1. The predicted molar refractivity (Wildman–Crippen MR) is 70.5 cm³/mol. The Balaban J connectivity index is 2.20. The maximum atomic E-state index is 8.73. The van der Waals surface area contributed by atoms with Crippen LogP contribution in [0.5, 0.6) is 5.75 Å². The summed E-state index contributed by atoms with van der Waals surface area (Å²) in [4.78, 5) is 5.18. The molecule has 5 heteroatoms. The van der Waals surface area contributed by atoms with Crippen molar-refractivity contribution in [1.29, 1.82) is 5.26 Å². The molecule has 0 amide bonds. The molecule has 0 atom stereocenters. The number of hydrogen-bond donors (Lipinski definition) is 1. The van der Waals surface area contributed by atoms with Gasteiger partial charge in [0.05, 0.1) is 18.4 Å². The first-order valence-electron chi connectivity index (χ1n) is 5.20. The normalized spacial score (nSPS) is 9.78. The molecule has 0 aliphatic heterocycles. The number of hydrogen-bond acceptors (Lipinski definition) is 5. The number of pyridine rings is 1. The molecule has 0 aliphatic rings. The van der Waals surface area contributed by atoms with Gasteiger partial charge in [0.2, 0.25) is 0 Å². The van der Waals surface area contributed by atoms with Crippen molar-refractivity contribution in [1.82, 2.24) is 4.98 Å². The van der Waals surface area contributed by atoms with Crippen molar-refractivity contribution in [3.63, 3.8) is 0 Å². The summed E-state index contributed by atoms with van der Waals surface area (Å²) in [5.41, 5.74) is 6.82. The van der Waals surface area contributed by atoms with E-state index in [0.29, 0.717) is 16.3 Å². The third kappa shape index (κ3) is 2.73. The van der Waals surface area contributed by atoms with Gasteiger partial charge >= 0.3 is 0 Å². The van der Waals surface area contributed by atoms with Crippen LogP contribution < -0.4 is 10.5 Å². The lowest BCUT2D eigenvalue weighted by atomic mass is 10.3. The summed E-state index contributed by atoms with van der Waals surface area (Å²) in [5.74, 6) is 0.806.